The van der Waals surface area contributed by atoms with Gasteiger partial charge in [0.25, 0.3) is 11.8 Å². The van der Waals surface area contributed by atoms with Gasteiger partial charge in [0, 0.05) is 11.3 Å². The molecule has 1 fully saturated rings. The average molecular weight is 427 g/mol. The van der Waals surface area contributed by atoms with Crippen molar-refractivity contribution in [2.24, 2.45) is 4.99 Å². The maximum Gasteiger partial charge on any atom is 0.352 e. The molecule has 2 N–H and O–H groups in total. The lowest BCUT2D eigenvalue weighted by Crippen LogP contribution is -2.73. The molecule has 2 atom stereocenters. The van der Waals surface area contributed by atoms with Gasteiger partial charge in [-0.15, -0.1) is 11.8 Å². The number of benzene rings is 1. The van der Waals surface area contributed by atoms with Gasteiger partial charge < -0.3 is 10.2 Å². The first-order valence-electron chi connectivity index (χ1n) is 9.44. The van der Waals surface area contributed by atoms with E-state index in [0.717, 1.165) is 0 Å². The first-order chi connectivity index (χ1) is 14.2. The Morgan fingerprint density at radius 3 is 2.53 bits per heavy atom. The van der Waals surface area contributed by atoms with Crippen molar-refractivity contribution in [3.05, 3.63) is 53.3 Å². The van der Waals surface area contributed by atoms with Crippen LogP contribution in [0.1, 0.15) is 26.3 Å². The predicted molar refractivity (Wildman–Crippen MR) is 112 cm³/mol. The van der Waals surface area contributed by atoms with E-state index in [9.17, 15) is 24.6 Å². The third-order valence-electron chi connectivity index (χ3n) is 5.36. The van der Waals surface area contributed by atoms with Gasteiger partial charge in [-0.1, -0.05) is 12.2 Å². The van der Waals surface area contributed by atoms with Gasteiger partial charge in [-0.25, -0.2) is 4.79 Å². The number of phenolic OH excluding ortho intramolecular Hbond substituents is 1. The highest BCUT2D eigenvalue weighted by atomic mass is 32.2. The zero-order valence-corrected chi connectivity index (χ0v) is 17.5. The fourth-order valence-corrected chi connectivity index (χ4v) is 5.43. The van der Waals surface area contributed by atoms with Crippen LogP contribution in [0.25, 0.3) is 0 Å². The number of carbonyl (C=O) groups is 3. The number of phenols is 1. The van der Waals surface area contributed by atoms with Crippen molar-refractivity contribution in [1.82, 2.24) is 9.80 Å². The van der Waals surface area contributed by atoms with Gasteiger partial charge in [-0.05, 0) is 50.6 Å². The number of rotatable bonds is 4. The molecular weight excluding hydrogens is 406 g/mol. The smallest absolute Gasteiger partial charge is 0.352 e. The molecule has 3 aliphatic heterocycles. The number of amides is 2. The highest BCUT2D eigenvalue weighted by Gasteiger charge is 2.61. The van der Waals surface area contributed by atoms with Gasteiger partial charge in [0.1, 0.15) is 34.2 Å². The molecule has 1 aromatic rings. The molecule has 0 saturated carbocycles. The van der Waals surface area contributed by atoms with E-state index in [1.807, 2.05) is 0 Å². The van der Waals surface area contributed by atoms with Crippen LogP contribution in [0.15, 0.2) is 52.7 Å². The van der Waals surface area contributed by atoms with Crippen LogP contribution in [-0.4, -0.2) is 66.3 Å². The normalized spacial score (nSPS) is 25.5. The molecule has 0 aromatic heterocycles. The van der Waals surface area contributed by atoms with Gasteiger partial charge in [-0.3, -0.25) is 24.4 Å². The van der Waals surface area contributed by atoms with Crippen LogP contribution >= 0.6 is 11.8 Å². The number of hydrogen-bond donors (Lipinski definition) is 2. The van der Waals surface area contributed by atoms with E-state index in [0.29, 0.717) is 16.9 Å². The Morgan fingerprint density at radius 2 is 1.93 bits per heavy atom. The number of aliphatic carboxylic acids is 1. The van der Waals surface area contributed by atoms with E-state index in [-0.39, 0.29) is 23.1 Å². The molecule has 9 heteroatoms. The topological polar surface area (TPSA) is 111 Å². The maximum absolute atomic E-state index is 13.3. The number of hydrogen-bond acceptors (Lipinski definition) is 6. The van der Waals surface area contributed by atoms with E-state index < -0.39 is 29.0 Å². The molecule has 0 radical (unpaired) electrons. The Labute approximate surface area is 177 Å². The van der Waals surface area contributed by atoms with E-state index in [4.69, 9.17) is 0 Å². The van der Waals surface area contributed by atoms with Crippen LogP contribution in [-0.2, 0) is 14.4 Å². The number of thioether (sulfide) groups is 1. The van der Waals surface area contributed by atoms with Crippen molar-refractivity contribution in [2.45, 2.75) is 37.8 Å². The van der Waals surface area contributed by atoms with Crippen molar-refractivity contribution >= 4 is 35.3 Å². The molecule has 1 unspecified atom stereocenters. The van der Waals surface area contributed by atoms with Gasteiger partial charge in [-0.2, -0.15) is 0 Å². The molecule has 0 bridgehead atoms. The summed E-state index contributed by atoms with van der Waals surface area (Å²) in [5.41, 5.74) is 0.354. The second-order valence-electron chi connectivity index (χ2n) is 7.71. The number of aliphatic imine (C=N–C) groups is 1. The summed E-state index contributed by atoms with van der Waals surface area (Å²) in [5.74, 6) is -1.45. The number of allylic oxidation sites excluding steroid dienone is 2. The Balaban J connectivity index is 1.67. The van der Waals surface area contributed by atoms with Crippen LogP contribution in [0.5, 0.6) is 5.75 Å². The number of carboxylic acids is 1. The quantitative estimate of drug-likeness (QED) is 0.711. The Kier molecular flexibility index (Phi) is 4.73. The van der Waals surface area contributed by atoms with Gasteiger partial charge in [0.05, 0.1) is 0 Å². The van der Waals surface area contributed by atoms with E-state index in [2.05, 4.69) is 4.99 Å². The van der Waals surface area contributed by atoms with Gasteiger partial charge in [0.2, 0.25) is 0 Å². The Hall–Kier alpha value is -3.07. The molecule has 2 amide bonds. The molecule has 4 rings (SSSR count). The molecule has 8 nitrogen and oxygen atoms in total. The van der Waals surface area contributed by atoms with E-state index in [1.54, 1.807) is 45.1 Å². The largest absolute Gasteiger partial charge is 0.508 e. The van der Waals surface area contributed by atoms with E-state index >= 15 is 0 Å². The van der Waals surface area contributed by atoms with Crippen LogP contribution in [0.2, 0.25) is 0 Å². The van der Waals surface area contributed by atoms with Gasteiger partial charge >= 0.3 is 5.97 Å². The lowest BCUT2D eigenvalue weighted by atomic mass is 9.98. The summed E-state index contributed by atoms with van der Waals surface area (Å²) < 4.78 is 0. The lowest BCUT2D eigenvalue weighted by molar-refractivity contribution is -0.161. The molecule has 1 aromatic carbocycles. The van der Waals surface area contributed by atoms with Crippen molar-refractivity contribution in [3.63, 3.8) is 0 Å². The average Bonchev–Trinajstić information content (AvgIpc) is 2.92. The number of fused-ring (bicyclic) bond motifs is 1. The van der Waals surface area contributed by atoms with Crippen LogP contribution in [0, 0.1) is 0 Å². The third-order valence-corrected chi connectivity index (χ3v) is 6.64. The minimum atomic E-state index is -1.16. The Bertz CT molecular complexity index is 1040. The highest BCUT2D eigenvalue weighted by molar-refractivity contribution is 8.00. The van der Waals surface area contributed by atoms with Crippen LogP contribution < -0.4 is 0 Å². The fraction of sp³-hybridized carbons (Fsp3) is 0.333. The van der Waals surface area contributed by atoms with Crippen LogP contribution in [0.3, 0.4) is 0 Å². The van der Waals surface area contributed by atoms with Crippen molar-refractivity contribution in [1.29, 1.82) is 0 Å². The summed E-state index contributed by atoms with van der Waals surface area (Å²) in [6.45, 7) is 5.29. The number of aromatic hydroxyl groups is 1. The second-order valence-corrected chi connectivity index (χ2v) is 8.82. The third kappa shape index (κ3) is 2.92. The summed E-state index contributed by atoms with van der Waals surface area (Å²) in [5, 5.41) is 18.7. The fourth-order valence-electron chi connectivity index (χ4n) is 4.07. The molecule has 3 heterocycles. The monoisotopic (exact) mass is 427 g/mol. The number of β-lactam (4-membered cyclic amide) rings is 1. The van der Waals surface area contributed by atoms with Crippen LogP contribution in [0.4, 0.5) is 0 Å². The molecule has 156 valence electrons. The van der Waals surface area contributed by atoms with Crippen molar-refractivity contribution < 1.29 is 24.6 Å². The minimum absolute atomic E-state index is 0.0257. The summed E-state index contributed by atoms with van der Waals surface area (Å²) in [4.78, 5) is 45.5. The standard InChI is InChI=1S/C21H21N3O5S/c1-4-5-12-10-30-19-16(18(27)23(19)15(12)20(28)29)24-17(26)14(22-21(24,2)3)11-6-8-13(25)9-7-11/h4-9,16,19,25H,10H2,1-3H3,(H,28,29)/b5-4-/t16?,19-/m0/s1. The summed E-state index contributed by atoms with van der Waals surface area (Å²) >= 11 is 1.44. The summed E-state index contributed by atoms with van der Waals surface area (Å²) in [6, 6.07) is 5.36. The lowest BCUT2D eigenvalue weighted by Gasteiger charge is -2.54. The minimum Gasteiger partial charge on any atom is -0.508 e. The summed E-state index contributed by atoms with van der Waals surface area (Å²) in [7, 11) is 0. The molecule has 30 heavy (non-hydrogen) atoms. The van der Waals surface area contributed by atoms with Crippen molar-refractivity contribution in [3.8, 4) is 5.75 Å². The zero-order valence-electron chi connectivity index (χ0n) is 16.7. The number of carbonyl (C=O) groups excluding carboxylic acids is 2. The first-order valence-corrected chi connectivity index (χ1v) is 10.5. The first kappa shape index (κ1) is 20.2. The molecule has 3 aliphatic rings. The molecular formula is C21H21N3O5S. The van der Waals surface area contributed by atoms with E-state index in [1.165, 1.54) is 33.7 Å². The SMILES string of the molecule is C/C=C\C1=C(C(=O)O)N2C(=O)C(N3C(=O)C(c4ccc(O)cc4)=NC3(C)C)[C@@H]2SC1. The molecule has 1 saturated heterocycles. The second kappa shape index (κ2) is 7.02. The highest BCUT2D eigenvalue weighted by Crippen LogP contribution is 2.45. The molecule has 0 aliphatic carbocycles. The number of nitrogens with zero attached hydrogens (tertiary/aromatic N) is 3. The van der Waals surface area contributed by atoms with Gasteiger partial charge in [0.15, 0.2) is 0 Å². The predicted octanol–water partition coefficient (Wildman–Crippen LogP) is 1.96. The Morgan fingerprint density at radius 1 is 1.27 bits per heavy atom. The zero-order chi connectivity index (χ0) is 21.8. The molecule has 0 spiro atoms. The maximum atomic E-state index is 13.3. The van der Waals surface area contributed by atoms with Crippen molar-refractivity contribution in [2.75, 3.05) is 5.75 Å². The number of carboxylic acid groups (broad SMARTS) is 1. The summed E-state index contributed by atoms with van der Waals surface area (Å²) in [6.07, 6.45) is 3.44.